The van der Waals surface area contributed by atoms with Crippen LogP contribution in [0.15, 0.2) is 6.07 Å². The summed E-state index contributed by atoms with van der Waals surface area (Å²) < 4.78 is 0. The first-order valence-corrected chi connectivity index (χ1v) is 7.52. The van der Waals surface area contributed by atoms with E-state index in [0.717, 1.165) is 16.6 Å². The third-order valence-electron chi connectivity index (χ3n) is 3.09. The van der Waals surface area contributed by atoms with E-state index >= 15 is 0 Å². The summed E-state index contributed by atoms with van der Waals surface area (Å²) in [5.41, 5.74) is 2.46. The van der Waals surface area contributed by atoms with Crippen molar-refractivity contribution in [3.63, 3.8) is 0 Å². The Morgan fingerprint density at radius 3 is 2.76 bits per heavy atom. The van der Waals surface area contributed by atoms with Gasteiger partial charge in [-0.1, -0.05) is 6.92 Å². The van der Waals surface area contributed by atoms with Crippen molar-refractivity contribution in [2.45, 2.75) is 26.3 Å². The van der Waals surface area contributed by atoms with E-state index in [9.17, 15) is 4.79 Å². The van der Waals surface area contributed by atoms with Crippen LogP contribution in [-0.2, 0) is 11.2 Å². The Hall–Kier alpha value is -1.93. The highest BCUT2D eigenvalue weighted by molar-refractivity contribution is 7.18. The van der Waals surface area contributed by atoms with E-state index in [0.29, 0.717) is 11.8 Å². The number of carbonyl (C=O) groups is 1. The first-order chi connectivity index (χ1) is 9.96. The van der Waals surface area contributed by atoms with Crippen molar-refractivity contribution in [2.24, 2.45) is 5.84 Å². The fourth-order valence-corrected chi connectivity index (χ4v) is 2.94. The molecule has 0 fully saturated rings. The fourth-order valence-electron chi connectivity index (χ4n) is 1.97. The van der Waals surface area contributed by atoms with Crippen LogP contribution in [0.1, 0.15) is 18.7 Å². The molecule has 0 aromatic carbocycles. The summed E-state index contributed by atoms with van der Waals surface area (Å²) in [6, 6.07) is 1.67. The standard InChI is InChI=1S/C13H20N6OS/c1-5-8-6-9-10(15-7(2)12(20)19(3)4)16-13(18-14)17-11(9)21-8/h6-7H,5,14H2,1-4H3,(H2,15,16,17,18). The van der Waals surface area contributed by atoms with E-state index in [4.69, 9.17) is 5.84 Å². The topological polar surface area (TPSA) is 96.2 Å². The molecule has 1 amide bonds. The third-order valence-corrected chi connectivity index (χ3v) is 4.26. The van der Waals surface area contributed by atoms with E-state index < -0.39 is 0 Å². The van der Waals surface area contributed by atoms with Crippen LogP contribution in [0.2, 0.25) is 0 Å². The number of nitrogens with zero attached hydrogens (tertiary/aromatic N) is 3. The highest BCUT2D eigenvalue weighted by atomic mass is 32.1. The van der Waals surface area contributed by atoms with Crippen molar-refractivity contribution >= 4 is 39.2 Å². The number of hydrogen-bond acceptors (Lipinski definition) is 7. The monoisotopic (exact) mass is 308 g/mol. The van der Waals surface area contributed by atoms with Crippen LogP contribution in [0.3, 0.4) is 0 Å². The molecule has 7 nitrogen and oxygen atoms in total. The lowest BCUT2D eigenvalue weighted by Gasteiger charge is -2.19. The highest BCUT2D eigenvalue weighted by Gasteiger charge is 2.18. The van der Waals surface area contributed by atoms with E-state index in [2.05, 4.69) is 33.7 Å². The predicted molar refractivity (Wildman–Crippen MR) is 86.4 cm³/mol. The predicted octanol–water partition coefficient (Wildman–Crippen LogP) is 1.43. The zero-order valence-corrected chi connectivity index (χ0v) is 13.4. The number of carbonyl (C=O) groups excluding carboxylic acids is 1. The molecule has 0 radical (unpaired) electrons. The number of hydrogen-bond donors (Lipinski definition) is 3. The second kappa shape index (κ2) is 6.23. The molecule has 0 aliphatic heterocycles. The molecule has 0 aliphatic rings. The Morgan fingerprint density at radius 1 is 1.48 bits per heavy atom. The molecule has 0 spiro atoms. The van der Waals surface area contributed by atoms with Crippen molar-refractivity contribution in [1.29, 1.82) is 0 Å². The van der Waals surface area contributed by atoms with Gasteiger partial charge in [0.25, 0.3) is 0 Å². The summed E-state index contributed by atoms with van der Waals surface area (Å²) in [6.07, 6.45) is 0.929. The van der Waals surface area contributed by atoms with Gasteiger partial charge in [-0.2, -0.15) is 4.98 Å². The van der Waals surface area contributed by atoms with Crippen LogP contribution in [0.25, 0.3) is 10.2 Å². The second-order valence-corrected chi connectivity index (χ2v) is 6.04. The molecule has 2 heterocycles. The number of aryl methyl sites for hydroxylation is 1. The molecule has 0 bridgehead atoms. The number of likely N-dealkylation sites (N-methyl/N-ethyl adjacent to an activating group) is 1. The number of aromatic nitrogens is 2. The number of amides is 1. The number of rotatable bonds is 5. The molecule has 114 valence electrons. The Balaban J connectivity index is 2.41. The summed E-state index contributed by atoms with van der Waals surface area (Å²) in [7, 11) is 3.45. The number of fused-ring (bicyclic) bond motifs is 1. The third kappa shape index (κ3) is 3.22. The SMILES string of the molecule is CCc1cc2c(NC(C)C(=O)N(C)C)nc(NN)nc2s1. The van der Waals surface area contributed by atoms with Crippen molar-refractivity contribution in [2.75, 3.05) is 24.8 Å². The average Bonchev–Trinajstić information content (AvgIpc) is 2.89. The normalized spacial score (nSPS) is 12.2. The summed E-state index contributed by atoms with van der Waals surface area (Å²) in [5, 5.41) is 4.06. The van der Waals surface area contributed by atoms with Gasteiger partial charge in [-0.25, -0.2) is 10.8 Å². The number of anilines is 2. The van der Waals surface area contributed by atoms with Crippen LogP contribution in [0.4, 0.5) is 11.8 Å². The van der Waals surface area contributed by atoms with E-state index in [1.54, 1.807) is 37.3 Å². The minimum absolute atomic E-state index is 0.0186. The lowest BCUT2D eigenvalue weighted by molar-refractivity contribution is -0.129. The first kappa shape index (κ1) is 15.5. The maximum absolute atomic E-state index is 12.0. The zero-order chi connectivity index (χ0) is 15.6. The van der Waals surface area contributed by atoms with Crippen LogP contribution in [-0.4, -0.2) is 40.9 Å². The van der Waals surface area contributed by atoms with Crippen molar-refractivity contribution < 1.29 is 4.79 Å². The molecule has 2 aromatic heterocycles. The van der Waals surface area contributed by atoms with E-state index in [-0.39, 0.29) is 11.9 Å². The van der Waals surface area contributed by atoms with Gasteiger partial charge < -0.3 is 10.2 Å². The van der Waals surface area contributed by atoms with Crippen LogP contribution in [0.5, 0.6) is 0 Å². The van der Waals surface area contributed by atoms with Gasteiger partial charge >= 0.3 is 0 Å². The Morgan fingerprint density at radius 2 is 2.19 bits per heavy atom. The average molecular weight is 308 g/mol. The number of hydrazine groups is 1. The molecule has 2 aromatic rings. The summed E-state index contributed by atoms with van der Waals surface area (Å²) in [4.78, 5) is 24.3. The minimum Gasteiger partial charge on any atom is -0.358 e. The lowest BCUT2D eigenvalue weighted by atomic mass is 10.2. The maximum Gasteiger partial charge on any atom is 0.244 e. The van der Waals surface area contributed by atoms with Gasteiger partial charge in [-0.05, 0) is 19.4 Å². The molecule has 2 rings (SSSR count). The molecule has 0 saturated heterocycles. The molecule has 8 heteroatoms. The first-order valence-electron chi connectivity index (χ1n) is 6.71. The van der Waals surface area contributed by atoms with Crippen LogP contribution < -0.4 is 16.6 Å². The largest absolute Gasteiger partial charge is 0.358 e. The van der Waals surface area contributed by atoms with Crippen molar-refractivity contribution in [1.82, 2.24) is 14.9 Å². The molecule has 21 heavy (non-hydrogen) atoms. The summed E-state index contributed by atoms with van der Waals surface area (Å²) in [5.74, 6) is 6.35. The quantitative estimate of drug-likeness (QED) is 0.571. The fraction of sp³-hybridized carbons (Fsp3) is 0.462. The smallest absolute Gasteiger partial charge is 0.244 e. The zero-order valence-electron chi connectivity index (χ0n) is 12.6. The minimum atomic E-state index is -0.381. The number of nitrogens with one attached hydrogen (secondary N) is 2. The Bertz CT molecular complexity index is 653. The van der Waals surface area contributed by atoms with Crippen molar-refractivity contribution in [3.05, 3.63) is 10.9 Å². The molecule has 4 N–H and O–H groups in total. The van der Waals surface area contributed by atoms with E-state index in [1.165, 1.54) is 4.88 Å². The van der Waals surface area contributed by atoms with Crippen molar-refractivity contribution in [3.8, 4) is 0 Å². The van der Waals surface area contributed by atoms with E-state index in [1.807, 2.05) is 0 Å². The number of nitrogen functional groups attached to an aromatic ring is 1. The number of thiophene rings is 1. The number of nitrogens with two attached hydrogens (primary N) is 1. The summed E-state index contributed by atoms with van der Waals surface area (Å²) in [6.45, 7) is 3.89. The molecule has 1 unspecified atom stereocenters. The molecular formula is C13H20N6OS. The Kier molecular flexibility index (Phi) is 4.59. The Labute approximate surface area is 127 Å². The molecular weight excluding hydrogens is 288 g/mol. The van der Waals surface area contributed by atoms with Gasteiger partial charge in [0, 0.05) is 19.0 Å². The molecule has 1 atom stereocenters. The van der Waals surface area contributed by atoms with Gasteiger partial charge in [0.2, 0.25) is 11.9 Å². The lowest BCUT2D eigenvalue weighted by Crippen LogP contribution is -2.37. The highest BCUT2D eigenvalue weighted by Crippen LogP contribution is 2.30. The van der Waals surface area contributed by atoms with Gasteiger partial charge in [0.05, 0.1) is 5.39 Å². The van der Waals surface area contributed by atoms with Gasteiger partial charge in [-0.15, -0.1) is 11.3 Å². The second-order valence-electron chi connectivity index (χ2n) is 4.92. The van der Waals surface area contributed by atoms with Crippen LogP contribution in [0, 0.1) is 0 Å². The van der Waals surface area contributed by atoms with Gasteiger partial charge in [-0.3, -0.25) is 10.2 Å². The molecule has 0 aliphatic carbocycles. The van der Waals surface area contributed by atoms with Gasteiger partial charge in [0.15, 0.2) is 0 Å². The summed E-state index contributed by atoms with van der Waals surface area (Å²) >= 11 is 1.60. The molecule has 0 saturated carbocycles. The van der Waals surface area contributed by atoms with Gasteiger partial charge in [0.1, 0.15) is 16.7 Å². The van der Waals surface area contributed by atoms with Crippen LogP contribution >= 0.6 is 11.3 Å². The maximum atomic E-state index is 12.0.